The van der Waals surface area contributed by atoms with Gasteiger partial charge < -0.3 is 0 Å². The summed E-state index contributed by atoms with van der Waals surface area (Å²) < 4.78 is 86.0. The quantitative estimate of drug-likeness (QED) is 0.296. The number of alkyl halides is 7. The van der Waals surface area contributed by atoms with Crippen LogP contribution in [0.15, 0.2) is 29.4 Å². The Morgan fingerprint density at radius 2 is 1.55 bits per heavy atom. The molecule has 12 heteroatoms. The van der Waals surface area contributed by atoms with Crippen molar-refractivity contribution in [3.05, 3.63) is 39.9 Å². The minimum atomic E-state index is -6.47. The van der Waals surface area contributed by atoms with Crippen LogP contribution in [0.25, 0.3) is 0 Å². The molecule has 0 radical (unpaired) electrons. The SMILES string of the molecule is O=[N+]([O-])c1ccc(/C=N/NC(F)(F)C(F)(F)C(F)(F)F)cc1. The number of hydrazone groups is 1. The lowest BCUT2D eigenvalue weighted by molar-refractivity contribution is -0.384. The molecule has 0 saturated carbocycles. The second kappa shape index (κ2) is 5.77. The zero-order chi connectivity index (χ0) is 17.2. The number of nitrogens with zero attached hydrogens (tertiary/aromatic N) is 2. The van der Waals surface area contributed by atoms with Gasteiger partial charge in [-0.15, -0.1) is 0 Å². The van der Waals surface area contributed by atoms with Crippen molar-refractivity contribution < 1.29 is 35.7 Å². The highest BCUT2D eigenvalue weighted by atomic mass is 19.4. The standard InChI is InChI=1S/C10H6F7N3O2/c11-8(12,9(13,14)15)10(16,17)19-18-5-6-1-3-7(4-2-6)20(21)22/h1-5,19H/b18-5+. The van der Waals surface area contributed by atoms with Crippen LogP contribution in [-0.4, -0.2) is 29.3 Å². The van der Waals surface area contributed by atoms with Crippen LogP contribution in [0.5, 0.6) is 0 Å². The van der Waals surface area contributed by atoms with Crippen molar-refractivity contribution in [2.24, 2.45) is 5.10 Å². The highest BCUT2D eigenvalue weighted by Gasteiger charge is 2.73. The number of nitrogens with one attached hydrogen (secondary N) is 1. The van der Waals surface area contributed by atoms with Gasteiger partial charge in [-0.25, -0.2) is 5.43 Å². The van der Waals surface area contributed by atoms with E-state index < -0.39 is 23.1 Å². The van der Waals surface area contributed by atoms with Gasteiger partial charge in [0.15, 0.2) is 0 Å². The topological polar surface area (TPSA) is 67.5 Å². The van der Waals surface area contributed by atoms with Gasteiger partial charge in [0.25, 0.3) is 5.69 Å². The van der Waals surface area contributed by atoms with Crippen molar-refractivity contribution in [2.45, 2.75) is 18.1 Å². The molecule has 0 aromatic heterocycles. The first kappa shape index (κ1) is 17.7. The number of benzene rings is 1. The first-order valence-electron chi connectivity index (χ1n) is 5.25. The number of nitro benzene ring substituents is 1. The van der Waals surface area contributed by atoms with Gasteiger partial charge in [0.2, 0.25) is 0 Å². The third kappa shape index (κ3) is 3.62. The van der Waals surface area contributed by atoms with Gasteiger partial charge in [0, 0.05) is 12.1 Å². The molecule has 22 heavy (non-hydrogen) atoms. The Morgan fingerprint density at radius 3 is 1.95 bits per heavy atom. The molecule has 1 rings (SSSR count). The molecule has 1 aromatic rings. The van der Waals surface area contributed by atoms with Crippen LogP contribution >= 0.6 is 0 Å². The van der Waals surface area contributed by atoms with Crippen LogP contribution < -0.4 is 5.43 Å². The summed E-state index contributed by atoms with van der Waals surface area (Å²) in [6.07, 6.45) is -5.96. The van der Waals surface area contributed by atoms with Crippen LogP contribution in [0.2, 0.25) is 0 Å². The Hall–Kier alpha value is -2.40. The molecule has 0 bridgehead atoms. The molecule has 0 unspecified atom stereocenters. The highest BCUT2D eigenvalue weighted by molar-refractivity contribution is 5.79. The Balaban J connectivity index is 2.82. The second-order valence-corrected chi connectivity index (χ2v) is 3.87. The summed E-state index contributed by atoms with van der Waals surface area (Å²) in [5, 5.41) is 12.9. The van der Waals surface area contributed by atoms with Crippen molar-refractivity contribution in [3.8, 4) is 0 Å². The van der Waals surface area contributed by atoms with E-state index in [4.69, 9.17) is 0 Å². The molecule has 122 valence electrons. The number of non-ortho nitro benzene ring substituents is 1. The number of nitro groups is 1. The molecule has 5 nitrogen and oxygen atoms in total. The summed E-state index contributed by atoms with van der Waals surface area (Å²) in [7, 11) is 0. The van der Waals surface area contributed by atoms with E-state index in [0.717, 1.165) is 24.3 Å². The molecule has 0 aliphatic rings. The Kier molecular flexibility index (Phi) is 4.63. The molecule has 0 atom stereocenters. The first-order valence-corrected chi connectivity index (χ1v) is 5.25. The van der Waals surface area contributed by atoms with Crippen LogP contribution in [0, 0.1) is 10.1 Å². The Morgan fingerprint density at radius 1 is 1.05 bits per heavy atom. The number of hydrogen-bond acceptors (Lipinski definition) is 4. The van der Waals surface area contributed by atoms with Crippen molar-refractivity contribution in [1.82, 2.24) is 5.43 Å². The number of halogens is 7. The van der Waals surface area contributed by atoms with E-state index in [-0.39, 0.29) is 11.3 Å². The summed E-state index contributed by atoms with van der Waals surface area (Å²) in [4.78, 5) is 9.58. The maximum absolute atomic E-state index is 12.8. The summed E-state index contributed by atoms with van der Waals surface area (Å²) in [5.41, 5.74) is 0.0519. The fourth-order valence-corrected chi connectivity index (χ4v) is 1.12. The van der Waals surface area contributed by atoms with Crippen LogP contribution in [0.4, 0.5) is 36.4 Å². The molecular weight excluding hydrogens is 327 g/mol. The maximum Gasteiger partial charge on any atom is 0.462 e. The van der Waals surface area contributed by atoms with Gasteiger partial charge in [-0.1, -0.05) is 0 Å². The normalized spacial score (nSPS) is 13.4. The van der Waals surface area contributed by atoms with Gasteiger partial charge in [-0.2, -0.15) is 35.8 Å². The Labute approximate surface area is 117 Å². The molecule has 0 heterocycles. The lowest BCUT2D eigenvalue weighted by Crippen LogP contribution is -2.58. The molecule has 0 amide bonds. The molecule has 1 aromatic carbocycles. The van der Waals surface area contributed by atoms with E-state index in [9.17, 15) is 40.8 Å². The highest BCUT2D eigenvalue weighted by Crippen LogP contribution is 2.44. The average molecular weight is 333 g/mol. The minimum absolute atomic E-state index is 0.0378. The van der Waals surface area contributed by atoms with Crippen LogP contribution in [-0.2, 0) is 0 Å². The van der Waals surface area contributed by atoms with Crippen molar-refractivity contribution >= 4 is 11.9 Å². The summed E-state index contributed by atoms with van der Waals surface area (Å²) in [6.45, 7) is 0. The lowest BCUT2D eigenvalue weighted by Gasteiger charge is -2.27. The minimum Gasteiger partial charge on any atom is -0.258 e. The largest absolute Gasteiger partial charge is 0.462 e. The van der Waals surface area contributed by atoms with E-state index >= 15 is 0 Å². The maximum atomic E-state index is 12.8. The molecule has 0 fully saturated rings. The van der Waals surface area contributed by atoms with Gasteiger partial charge in [-0.3, -0.25) is 10.1 Å². The molecule has 0 aliphatic heterocycles. The molecule has 0 saturated heterocycles. The van der Waals surface area contributed by atoms with E-state index in [1.54, 1.807) is 0 Å². The monoisotopic (exact) mass is 333 g/mol. The Bertz CT molecular complexity index is 569. The summed E-state index contributed by atoms with van der Waals surface area (Å²) >= 11 is 0. The van der Waals surface area contributed by atoms with Crippen molar-refractivity contribution in [1.29, 1.82) is 0 Å². The fraction of sp³-hybridized carbons (Fsp3) is 0.300. The molecule has 0 spiro atoms. The smallest absolute Gasteiger partial charge is 0.258 e. The third-order valence-corrected chi connectivity index (χ3v) is 2.27. The predicted octanol–water partition coefficient (Wildman–Crippen LogP) is 3.31. The molecular formula is C10H6F7N3O2. The fourth-order valence-electron chi connectivity index (χ4n) is 1.12. The number of rotatable bonds is 5. The average Bonchev–Trinajstić information content (AvgIpc) is 2.37. The van der Waals surface area contributed by atoms with Crippen LogP contribution in [0.3, 0.4) is 0 Å². The van der Waals surface area contributed by atoms with Crippen LogP contribution in [0.1, 0.15) is 5.56 Å². The van der Waals surface area contributed by atoms with E-state index in [1.165, 1.54) is 0 Å². The van der Waals surface area contributed by atoms with E-state index in [0.29, 0.717) is 11.6 Å². The summed E-state index contributed by atoms with van der Waals surface area (Å²) in [6, 6.07) is -1.68. The van der Waals surface area contributed by atoms with E-state index in [1.807, 2.05) is 0 Å². The van der Waals surface area contributed by atoms with Gasteiger partial charge >= 0.3 is 18.1 Å². The van der Waals surface area contributed by atoms with Crippen molar-refractivity contribution in [3.63, 3.8) is 0 Å². The van der Waals surface area contributed by atoms with Gasteiger partial charge in [-0.05, 0) is 17.7 Å². The zero-order valence-corrected chi connectivity index (χ0v) is 10.2. The predicted molar refractivity (Wildman–Crippen MR) is 59.8 cm³/mol. The van der Waals surface area contributed by atoms with Gasteiger partial charge in [0.05, 0.1) is 11.1 Å². The van der Waals surface area contributed by atoms with Gasteiger partial charge in [0.1, 0.15) is 0 Å². The zero-order valence-electron chi connectivity index (χ0n) is 10.2. The van der Waals surface area contributed by atoms with E-state index in [2.05, 4.69) is 5.10 Å². The lowest BCUT2D eigenvalue weighted by atomic mass is 10.2. The first-order chi connectivity index (χ1) is 9.88. The number of hydrogen-bond donors (Lipinski definition) is 1. The second-order valence-electron chi connectivity index (χ2n) is 3.87. The molecule has 0 aliphatic carbocycles. The summed E-state index contributed by atoms with van der Waals surface area (Å²) in [5.74, 6) is -6.33. The van der Waals surface area contributed by atoms with Crippen molar-refractivity contribution in [2.75, 3.05) is 0 Å². The molecule has 1 N–H and O–H groups in total. The third-order valence-electron chi connectivity index (χ3n) is 2.27.